The Labute approximate surface area is 159 Å². The highest BCUT2D eigenvalue weighted by Gasteiger charge is 2.22. The van der Waals surface area contributed by atoms with Crippen molar-refractivity contribution in [3.05, 3.63) is 47.9 Å². The molecule has 0 bridgehead atoms. The lowest BCUT2D eigenvalue weighted by Gasteiger charge is -2.33. The van der Waals surface area contributed by atoms with Crippen LogP contribution >= 0.6 is 0 Å². The summed E-state index contributed by atoms with van der Waals surface area (Å²) in [5, 5.41) is 8.95. The van der Waals surface area contributed by atoms with Crippen LogP contribution in [-0.2, 0) is 24.9 Å². The van der Waals surface area contributed by atoms with Crippen molar-refractivity contribution in [1.29, 1.82) is 0 Å². The van der Waals surface area contributed by atoms with E-state index in [0.29, 0.717) is 18.5 Å². The molecule has 3 aromatic rings. The first-order chi connectivity index (χ1) is 13.2. The van der Waals surface area contributed by atoms with E-state index in [1.807, 2.05) is 13.2 Å². The Hall–Kier alpha value is -2.51. The number of anilines is 1. The van der Waals surface area contributed by atoms with Gasteiger partial charge in [0.2, 0.25) is 0 Å². The highest BCUT2D eigenvalue weighted by molar-refractivity contribution is 5.86. The van der Waals surface area contributed by atoms with Crippen molar-refractivity contribution >= 4 is 16.9 Å². The molecular formula is C20H26N6O. The van der Waals surface area contributed by atoms with E-state index in [1.54, 1.807) is 11.8 Å². The molecule has 1 aromatic carbocycles. The summed E-state index contributed by atoms with van der Waals surface area (Å²) in [5.74, 6) is 1.53. The number of hydrogen-bond donors (Lipinski definition) is 1. The monoisotopic (exact) mass is 366 g/mol. The number of methoxy groups -OCH3 is 1. The van der Waals surface area contributed by atoms with E-state index in [9.17, 15) is 0 Å². The lowest BCUT2D eigenvalue weighted by atomic mass is 10.0. The Morgan fingerprint density at radius 1 is 1.22 bits per heavy atom. The molecule has 0 aliphatic carbocycles. The van der Waals surface area contributed by atoms with Gasteiger partial charge in [-0.3, -0.25) is 9.58 Å². The van der Waals surface area contributed by atoms with Crippen LogP contribution in [0.2, 0.25) is 0 Å². The van der Waals surface area contributed by atoms with Crippen molar-refractivity contribution in [3.63, 3.8) is 0 Å². The standard InChI is InChI=1S/C20H26N6O/c1-25-20-17(11-21-25)19(23-18(24-20)14-27-2)22-16-9-6-10-26(13-16)12-15-7-4-3-5-8-15/h3-5,7-8,11,16H,6,9-10,12-14H2,1-2H3,(H,22,23,24)/t16-/m0/s1. The minimum absolute atomic E-state index is 0.358. The number of nitrogens with one attached hydrogen (secondary N) is 1. The first-order valence-corrected chi connectivity index (χ1v) is 9.43. The molecule has 0 radical (unpaired) electrons. The summed E-state index contributed by atoms with van der Waals surface area (Å²) in [6, 6.07) is 11.0. The van der Waals surface area contributed by atoms with Crippen LogP contribution in [0.3, 0.4) is 0 Å². The average Bonchev–Trinajstić information content (AvgIpc) is 3.05. The van der Waals surface area contributed by atoms with Gasteiger partial charge in [0.15, 0.2) is 11.5 Å². The predicted octanol–water partition coefficient (Wildman–Crippen LogP) is 2.59. The smallest absolute Gasteiger partial charge is 0.163 e. The highest BCUT2D eigenvalue weighted by Crippen LogP contribution is 2.23. The van der Waals surface area contributed by atoms with E-state index >= 15 is 0 Å². The molecule has 4 rings (SSSR count). The van der Waals surface area contributed by atoms with Gasteiger partial charge in [-0.25, -0.2) is 9.97 Å². The number of rotatable bonds is 6. The fraction of sp³-hybridized carbons (Fsp3) is 0.450. The number of aryl methyl sites for hydroxylation is 1. The fourth-order valence-corrected chi connectivity index (χ4v) is 3.72. The first kappa shape index (κ1) is 17.9. The maximum atomic E-state index is 5.23. The zero-order chi connectivity index (χ0) is 18.6. The van der Waals surface area contributed by atoms with Crippen LogP contribution in [0.4, 0.5) is 5.82 Å². The summed E-state index contributed by atoms with van der Waals surface area (Å²) >= 11 is 0. The van der Waals surface area contributed by atoms with Crippen molar-refractivity contribution in [1.82, 2.24) is 24.6 Å². The molecule has 0 amide bonds. The lowest BCUT2D eigenvalue weighted by Crippen LogP contribution is -2.41. The summed E-state index contributed by atoms with van der Waals surface area (Å²) in [6.07, 6.45) is 4.15. The number of nitrogens with zero attached hydrogens (tertiary/aromatic N) is 5. The van der Waals surface area contributed by atoms with Gasteiger partial charge in [0, 0.05) is 33.3 Å². The molecule has 1 aliphatic heterocycles. The number of fused-ring (bicyclic) bond motifs is 1. The van der Waals surface area contributed by atoms with Crippen LogP contribution in [0.5, 0.6) is 0 Å². The number of likely N-dealkylation sites (tertiary alicyclic amines) is 1. The Morgan fingerprint density at radius 2 is 2.07 bits per heavy atom. The molecule has 7 heteroatoms. The molecular weight excluding hydrogens is 340 g/mol. The number of ether oxygens (including phenoxy) is 1. The fourth-order valence-electron chi connectivity index (χ4n) is 3.72. The van der Waals surface area contributed by atoms with Crippen LogP contribution in [0.15, 0.2) is 36.5 Å². The van der Waals surface area contributed by atoms with Gasteiger partial charge in [-0.2, -0.15) is 5.10 Å². The van der Waals surface area contributed by atoms with Crippen molar-refractivity contribution < 1.29 is 4.74 Å². The first-order valence-electron chi connectivity index (χ1n) is 9.43. The Balaban J connectivity index is 1.51. The molecule has 0 unspecified atom stereocenters. The van der Waals surface area contributed by atoms with Gasteiger partial charge in [-0.15, -0.1) is 0 Å². The van der Waals surface area contributed by atoms with Gasteiger partial charge in [0.25, 0.3) is 0 Å². The average molecular weight is 366 g/mol. The molecule has 0 saturated carbocycles. The Morgan fingerprint density at radius 3 is 2.89 bits per heavy atom. The largest absolute Gasteiger partial charge is 0.377 e. The van der Waals surface area contributed by atoms with E-state index < -0.39 is 0 Å². The van der Waals surface area contributed by atoms with Gasteiger partial charge in [0.1, 0.15) is 12.4 Å². The molecule has 0 spiro atoms. The highest BCUT2D eigenvalue weighted by atomic mass is 16.5. The van der Waals surface area contributed by atoms with Gasteiger partial charge < -0.3 is 10.1 Å². The van der Waals surface area contributed by atoms with Crippen LogP contribution in [0, 0.1) is 0 Å². The SMILES string of the molecule is COCc1nc(N[C@H]2CCCN(Cc3ccccc3)C2)c2cnn(C)c2n1. The van der Waals surface area contributed by atoms with Gasteiger partial charge in [-0.1, -0.05) is 30.3 Å². The number of benzene rings is 1. The van der Waals surface area contributed by atoms with E-state index in [2.05, 4.69) is 55.6 Å². The van der Waals surface area contributed by atoms with Crippen LogP contribution in [-0.4, -0.2) is 50.9 Å². The van der Waals surface area contributed by atoms with Crippen molar-refractivity contribution in [2.45, 2.75) is 32.0 Å². The Bertz CT molecular complexity index is 894. The predicted molar refractivity (Wildman–Crippen MR) is 105 cm³/mol. The molecule has 1 atom stereocenters. The van der Waals surface area contributed by atoms with Gasteiger partial charge >= 0.3 is 0 Å². The lowest BCUT2D eigenvalue weighted by molar-refractivity contribution is 0.178. The molecule has 1 N–H and O–H groups in total. The molecule has 1 saturated heterocycles. The molecule has 142 valence electrons. The van der Waals surface area contributed by atoms with Crippen molar-refractivity contribution in [3.8, 4) is 0 Å². The zero-order valence-electron chi connectivity index (χ0n) is 15.9. The third-order valence-corrected chi connectivity index (χ3v) is 5.01. The summed E-state index contributed by atoms with van der Waals surface area (Å²) in [5.41, 5.74) is 2.19. The topological polar surface area (TPSA) is 68.1 Å². The summed E-state index contributed by atoms with van der Waals surface area (Å²) in [4.78, 5) is 11.8. The number of hydrogen-bond acceptors (Lipinski definition) is 6. The van der Waals surface area contributed by atoms with Crippen LogP contribution < -0.4 is 5.32 Å². The molecule has 1 aliphatic rings. The third kappa shape index (κ3) is 4.09. The second-order valence-electron chi connectivity index (χ2n) is 7.13. The van der Waals surface area contributed by atoms with Gasteiger partial charge in [-0.05, 0) is 24.9 Å². The maximum Gasteiger partial charge on any atom is 0.163 e. The molecule has 2 aromatic heterocycles. The summed E-state index contributed by atoms with van der Waals surface area (Å²) < 4.78 is 7.01. The summed E-state index contributed by atoms with van der Waals surface area (Å²) in [7, 11) is 3.56. The zero-order valence-corrected chi connectivity index (χ0v) is 15.9. The Kier molecular flexibility index (Phi) is 5.31. The van der Waals surface area contributed by atoms with Crippen LogP contribution in [0.25, 0.3) is 11.0 Å². The maximum absolute atomic E-state index is 5.23. The number of piperidine rings is 1. The quantitative estimate of drug-likeness (QED) is 0.723. The second-order valence-corrected chi connectivity index (χ2v) is 7.13. The molecule has 7 nitrogen and oxygen atoms in total. The van der Waals surface area contributed by atoms with E-state index in [4.69, 9.17) is 4.74 Å². The normalized spacial score (nSPS) is 18.1. The van der Waals surface area contributed by atoms with Gasteiger partial charge in [0.05, 0.1) is 11.6 Å². The number of aromatic nitrogens is 4. The van der Waals surface area contributed by atoms with E-state index in [1.165, 1.54) is 12.0 Å². The second kappa shape index (κ2) is 8.02. The third-order valence-electron chi connectivity index (χ3n) is 5.01. The molecule has 1 fully saturated rings. The minimum atomic E-state index is 0.358. The molecule has 3 heterocycles. The van der Waals surface area contributed by atoms with E-state index in [-0.39, 0.29) is 0 Å². The van der Waals surface area contributed by atoms with E-state index in [0.717, 1.165) is 42.9 Å². The van der Waals surface area contributed by atoms with Crippen molar-refractivity contribution in [2.75, 3.05) is 25.5 Å². The summed E-state index contributed by atoms with van der Waals surface area (Å²) in [6.45, 7) is 3.51. The van der Waals surface area contributed by atoms with Crippen LogP contribution in [0.1, 0.15) is 24.2 Å². The minimum Gasteiger partial charge on any atom is -0.377 e. The van der Waals surface area contributed by atoms with Crippen molar-refractivity contribution in [2.24, 2.45) is 7.05 Å². The molecule has 27 heavy (non-hydrogen) atoms.